The van der Waals surface area contributed by atoms with Crippen molar-refractivity contribution in [1.82, 2.24) is 10.9 Å². The second kappa shape index (κ2) is 3.82. The van der Waals surface area contributed by atoms with E-state index in [1.807, 2.05) is 7.05 Å². The Labute approximate surface area is 57.0 Å². The van der Waals surface area contributed by atoms with Crippen molar-refractivity contribution < 1.29 is 0 Å². The van der Waals surface area contributed by atoms with Crippen molar-refractivity contribution >= 4 is 0 Å². The monoisotopic (exact) mass is 131 g/mol. The molecular weight excluding hydrogens is 114 g/mol. The minimum absolute atomic E-state index is 0.227. The zero-order valence-electron chi connectivity index (χ0n) is 6.49. The van der Waals surface area contributed by atoms with Gasteiger partial charge in [-0.15, -0.1) is 0 Å². The summed E-state index contributed by atoms with van der Waals surface area (Å²) in [5, 5.41) is 0. The summed E-state index contributed by atoms with van der Waals surface area (Å²) < 4.78 is 0. The molecule has 9 heavy (non-hydrogen) atoms. The van der Waals surface area contributed by atoms with Crippen LogP contribution in [-0.2, 0) is 0 Å². The van der Waals surface area contributed by atoms with Crippen LogP contribution in [0, 0.1) is 0 Å². The normalized spacial score (nSPS) is 12.0. The Balaban J connectivity index is 3.62. The van der Waals surface area contributed by atoms with Gasteiger partial charge < -0.3 is 5.73 Å². The molecule has 0 radical (unpaired) electrons. The molecule has 56 valence electrons. The first-order valence-corrected chi connectivity index (χ1v) is 3.41. The number of nitrogens with one attached hydrogen (secondary N) is 2. The molecule has 0 saturated heterocycles. The largest absolute Gasteiger partial charge is 0.312 e. The molecule has 0 atom stereocenters. The number of hydrogen-bond acceptors (Lipinski definition) is 3. The Hall–Kier alpha value is -0.120. The third kappa shape index (κ3) is 2.79. The summed E-state index contributed by atoms with van der Waals surface area (Å²) in [6.45, 7) is 4.13. The van der Waals surface area contributed by atoms with Crippen LogP contribution < -0.4 is 16.6 Å². The van der Waals surface area contributed by atoms with Crippen molar-refractivity contribution in [3.63, 3.8) is 0 Å². The zero-order chi connectivity index (χ0) is 7.33. The van der Waals surface area contributed by atoms with Crippen LogP contribution in [-0.4, -0.2) is 12.7 Å². The molecule has 4 N–H and O–H groups in total. The van der Waals surface area contributed by atoms with Crippen molar-refractivity contribution in [1.29, 1.82) is 0 Å². The van der Waals surface area contributed by atoms with Gasteiger partial charge in [-0.1, -0.05) is 13.8 Å². The third-order valence-electron chi connectivity index (χ3n) is 1.64. The summed E-state index contributed by atoms with van der Waals surface area (Å²) in [6.07, 6.45) is 1.87. The Morgan fingerprint density at radius 1 is 1.33 bits per heavy atom. The molecule has 0 aliphatic heterocycles. The summed E-state index contributed by atoms with van der Waals surface area (Å²) in [4.78, 5) is 0. The second-order valence-electron chi connectivity index (χ2n) is 2.24. The predicted molar refractivity (Wildman–Crippen MR) is 39.7 cm³/mol. The molecule has 0 aliphatic rings. The molecule has 0 rings (SSSR count). The van der Waals surface area contributed by atoms with E-state index in [0.717, 1.165) is 12.8 Å². The molecule has 0 aromatic heterocycles. The van der Waals surface area contributed by atoms with Gasteiger partial charge in [0.05, 0.1) is 5.66 Å². The Morgan fingerprint density at radius 2 is 1.78 bits per heavy atom. The van der Waals surface area contributed by atoms with Crippen molar-refractivity contribution in [2.75, 3.05) is 7.05 Å². The zero-order valence-corrected chi connectivity index (χ0v) is 6.49. The SMILES string of the molecule is CCC(N)(CC)NNC. The van der Waals surface area contributed by atoms with Crippen LogP contribution >= 0.6 is 0 Å². The van der Waals surface area contributed by atoms with Gasteiger partial charge >= 0.3 is 0 Å². The van der Waals surface area contributed by atoms with E-state index < -0.39 is 0 Å². The summed E-state index contributed by atoms with van der Waals surface area (Å²) in [7, 11) is 1.83. The molecule has 0 saturated carbocycles. The van der Waals surface area contributed by atoms with Crippen LogP contribution in [0.4, 0.5) is 0 Å². The van der Waals surface area contributed by atoms with Crippen LogP contribution in [0.15, 0.2) is 0 Å². The summed E-state index contributed by atoms with van der Waals surface area (Å²) >= 11 is 0. The fraction of sp³-hybridized carbons (Fsp3) is 1.00. The van der Waals surface area contributed by atoms with Gasteiger partial charge in [-0.3, -0.25) is 5.43 Å². The lowest BCUT2D eigenvalue weighted by molar-refractivity contribution is 0.281. The molecule has 0 spiro atoms. The molecule has 0 aromatic carbocycles. The average molecular weight is 131 g/mol. The highest BCUT2D eigenvalue weighted by Gasteiger charge is 2.17. The molecule has 0 heterocycles. The van der Waals surface area contributed by atoms with Crippen LogP contribution in [0.2, 0.25) is 0 Å². The Morgan fingerprint density at radius 3 is 1.89 bits per heavy atom. The van der Waals surface area contributed by atoms with E-state index in [1.54, 1.807) is 0 Å². The molecule has 0 aromatic rings. The number of hydrogen-bond donors (Lipinski definition) is 3. The van der Waals surface area contributed by atoms with Gasteiger partial charge in [-0.05, 0) is 19.9 Å². The topological polar surface area (TPSA) is 50.1 Å². The maximum Gasteiger partial charge on any atom is 0.0786 e. The van der Waals surface area contributed by atoms with Gasteiger partial charge in [0.1, 0.15) is 0 Å². The minimum atomic E-state index is -0.227. The third-order valence-corrected chi connectivity index (χ3v) is 1.64. The van der Waals surface area contributed by atoms with Gasteiger partial charge in [-0.2, -0.15) is 0 Å². The molecule has 0 bridgehead atoms. The van der Waals surface area contributed by atoms with Gasteiger partial charge in [0, 0.05) is 0 Å². The first kappa shape index (κ1) is 8.88. The van der Waals surface area contributed by atoms with Gasteiger partial charge in [0.2, 0.25) is 0 Å². The highest BCUT2D eigenvalue weighted by atomic mass is 15.4. The fourth-order valence-corrected chi connectivity index (χ4v) is 0.676. The van der Waals surface area contributed by atoms with Crippen LogP contribution in [0.3, 0.4) is 0 Å². The number of nitrogens with two attached hydrogens (primary N) is 1. The summed E-state index contributed by atoms with van der Waals surface area (Å²) in [5.41, 5.74) is 11.4. The van der Waals surface area contributed by atoms with E-state index in [4.69, 9.17) is 5.73 Å². The highest BCUT2D eigenvalue weighted by molar-refractivity contribution is 4.74. The van der Waals surface area contributed by atoms with Crippen LogP contribution in [0.5, 0.6) is 0 Å². The highest BCUT2D eigenvalue weighted by Crippen LogP contribution is 2.03. The number of rotatable bonds is 4. The van der Waals surface area contributed by atoms with Crippen LogP contribution in [0.25, 0.3) is 0 Å². The molecule has 0 fully saturated rings. The van der Waals surface area contributed by atoms with Crippen molar-refractivity contribution in [3.05, 3.63) is 0 Å². The average Bonchev–Trinajstić information content (AvgIpc) is 1.89. The second-order valence-corrected chi connectivity index (χ2v) is 2.24. The van der Waals surface area contributed by atoms with Gasteiger partial charge in [0.15, 0.2) is 0 Å². The quantitative estimate of drug-likeness (QED) is 0.377. The van der Waals surface area contributed by atoms with E-state index in [-0.39, 0.29) is 5.66 Å². The standard InChI is InChI=1S/C6H17N3/c1-4-6(7,5-2)9-8-3/h8-9H,4-5,7H2,1-3H3. The lowest BCUT2D eigenvalue weighted by Gasteiger charge is -2.27. The predicted octanol–water partition coefficient (Wildman–Crippen LogP) is 0.185. The Bertz CT molecular complexity index is 68.7. The Kier molecular flexibility index (Phi) is 3.77. The maximum absolute atomic E-state index is 5.83. The summed E-state index contributed by atoms with van der Waals surface area (Å²) in [6, 6.07) is 0. The summed E-state index contributed by atoms with van der Waals surface area (Å²) in [5.74, 6) is 0. The van der Waals surface area contributed by atoms with Crippen molar-refractivity contribution in [2.45, 2.75) is 32.4 Å². The smallest absolute Gasteiger partial charge is 0.0786 e. The van der Waals surface area contributed by atoms with Crippen molar-refractivity contribution in [2.24, 2.45) is 5.73 Å². The molecule has 3 heteroatoms. The van der Waals surface area contributed by atoms with Crippen molar-refractivity contribution in [3.8, 4) is 0 Å². The molecule has 0 aliphatic carbocycles. The van der Waals surface area contributed by atoms with E-state index in [0.29, 0.717) is 0 Å². The minimum Gasteiger partial charge on any atom is -0.312 e. The molecule has 3 nitrogen and oxygen atoms in total. The first-order valence-electron chi connectivity index (χ1n) is 3.41. The molecular formula is C6H17N3. The van der Waals surface area contributed by atoms with E-state index in [9.17, 15) is 0 Å². The molecule has 0 unspecified atom stereocenters. The maximum atomic E-state index is 5.83. The lowest BCUT2D eigenvalue weighted by atomic mass is 10.1. The van der Waals surface area contributed by atoms with E-state index in [1.165, 1.54) is 0 Å². The van der Waals surface area contributed by atoms with Crippen LogP contribution in [0.1, 0.15) is 26.7 Å². The lowest BCUT2D eigenvalue weighted by Crippen LogP contribution is -2.57. The van der Waals surface area contributed by atoms with E-state index >= 15 is 0 Å². The van der Waals surface area contributed by atoms with Gasteiger partial charge in [0.25, 0.3) is 0 Å². The first-order chi connectivity index (χ1) is 4.18. The molecule has 0 amide bonds. The van der Waals surface area contributed by atoms with E-state index in [2.05, 4.69) is 24.7 Å². The number of hydrazine groups is 1. The fourth-order valence-electron chi connectivity index (χ4n) is 0.676. The van der Waals surface area contributed by atoms with Gasteiger partial charge in [-0.25, -0.2) is 5.43 Å².